The smallest absolute Gasteiger partial charge is 0.410 e. The first kappa shape index (κ1) is 16.8. The van der Waals surface area contributed by atoms with Crippen LogP contribution in [0.2, 0.25) is 5.02 Å². The van der Waals surface area contributed by atoms with Crippen molar-refractivity contribution in [1.29, 1.82) is 0 Å². The molecule has 1 aliphatic heterocycles. The highest BCUT2D eigenvalue weighted by Crippen LogP contribution is 2.31. The molecule has 0 radical (unpaired) electrons. The van der Waals surface area contributed by atoms with Crippen LogP contribution < -0.4 is 0 Å². The predicted octanol–water partition coefficient (Wildman–Crippen LogP) is 4.52. The molecule has 128 valence electrons. The number of aromatic nitrogens is 2. The zero-order chi connectivity index (χ0) is 17.5. The van der Waals surface area contributed by atoms with Gasteiger partial charge in [-0.25, -0.2) is 9.78 Å². The summed E-state index contributed by atoms with van der Waals surface area (Å²) in [7, 11) is 0. The van der Waals surface area contributed by atoms with Crippen LogP contribution in [-0.4, -0.2) is 32.7 Å². The van der Waals surface area contributed by atoms with Gasteiger partial charge in [0.05, 0.1) is 17.9 Å². The fourth-order valence-electron chi connectivity index (χ4n) is 2.95. The van der Waals surface area contributed by atoms with Gasteiger partial charge in [-0.2, -0.15) is 0 Å². The molecule has 5 nitrogen and oxygen atoms in total. The van der Waals surface area contributed by atoms with Crippen molar-refractivity contribution in [2.45, 2.75) is 45.9 Å². The second kappa shape index (κ2) is 6.13. The van der Waals surface area contributed by atoms with Gasteiger partial charge in [-0.05, 0) is 39.8 Å². The lowest BCUT2D eigenvalue weighted by Gasteiger charge is -2.35. The van der Waals surface area contributed by atoms with Crippen LogP contribution in [0.3, 0.4) is 0 Å². The largest absolute Gasteiger partial charge is 0.444 e. The molecule has 0 aliphatic carbocycles. The molecule has 24 heavy (non-hydrogen) atoms. The van der Waals surface area contributed by atoms with Crippen LogP contribution in [0.4, 0.5) is 4.79 Å². The van der Waals surface area contributed by atoms with Gasteiger partial charge < -0.3 is 9.30 Å². The van der Waals surface area contributed by atoms with Gasteiger partial charge in [0.1, 0.15) is 11.4 Å². The molecule has 0 bridgehead atoms. The van der Waals surface area contributed by atoms with Crippen LogP contribution in [0.5, 0.6) is 0 Å². The van der Waals surface area contributed by atoms with E-state index in [1.165, 1.54) is 0 Å². The summed E-state index contributed by atoms with van der Waals surface area (Å²) in [6.07, 6.45) is 1.55. The van der Waals surface area contributed by atoms with Crippen LogP contribution in [-0.2, 0) is 11.3 Å². The number of nitrogens with zero attached hydrogens (tertiary/aromatic N) is 3. The Kier molecular flexibility index (Phi) is 4.30. The Hall–Kier alpha value is -2.01. The van der Waals surface area contributed by atoms with E-state index in [0.717, 1.165) is 17.1 Å². The molecule has 2 heterocycles. The fraction of sp³-hybridized carbons (Fsp3) is 0.444. The highest BCUT2D eigenvalue weighted by molar-refractivity contribution is 6.30. The maximum absolute atomic E-state index is 12.4. The first-order valence-electron chi connectivity index (χ1n) is 8.07. The number of hydrogen-bond acceptors (Lipinski definition) is 3. The van der Waals surface area contributed by atoms with E-state index in [1.807, 2.05) is 58.2 Å². The minimum absolute atomic E-state index is 0.137. The molecule has 0 N–H and O–H groups in total. The number of ether oxygens (including phenoxy) is 1. The third-order valence-corrected chi connectivity index (χ3v) is 4.28. The number of hydrogen-bond donors (Lipinski definition) is 0. The Morgan fingerprint density at radius 1 is 1.33 bits per heavy atom. The van der Waals surface area contributed by atoms with Gasteiger partial charge in [-0.3, -0.25) is 4.90 Å². The summed E-state index contributed by atoms with van der Waals surface area (Å²) < 4.78 is 7.65. The molecule has 0 fully saturated rings. The maximum Gasteiger partial charge on any atom is 0.410 e. The van der Waals surface area contributed by atoms with Gasteiger partial charge in [0.2, 0.25) is 0 Å². The first-order chi connectivity index (χ1) is 11.3. The van der Waals surface area contributed by atoms with Crippen LogP contribution >= 0.6 is 11.6 Å². The summed E-state index contributed by atoms with van der Waals surface area (Å²) in [6.45, 7) is 8.87. The molecule has 1 aliphatic rings. The second-order valence-corrected chi connectivity index (χ2v) is 7.45. The average molecular weight is 348 g/mol. The van der Waals surface area contributed by atoms with E-state index in [4.69, 9.17) is 16.3 Å². The number of carbonyl (C=O) groups excluding carboxylic acids is 1. The summed E-state index contributed by atoms with van der Waals surface area (Å²) in [6, 6.07) is 7.58. The number of benzene rings is 1. The molecule has 1 aromatic heterocycles. The number of rotatable bonds is 1. The number of amides is 1. The van der Waals surface area contributed by atoms with E-state index in [1.54, 1.807) is 4.90 Å². The summed E-state index contributed by atoms with van der Waals surface area (Å²) >= 11 is 6.10. The van der Waals surface area contributed by atoms with Crippen LogP contribution in [0.25, 0.3) is 11.3 Å². The Morgan fingerprint density at radius 3 is 2.75 bits per heavy atom. The van der Waals surface area contributed by atoms with Crippen LogP contribution in [0.15, 0.2) is 30.5 Å². The van der Waals surface area contributed by atoms with Crippen molar-refractivity contribution in [2.75, 3.05) is 6.54 Å². The number of imidazole rings is 1. The van der Waals surface area contributed by atoms with Gasteiger partial charge in [0.15, 0.2) is 0 Å². The molecule has 2 aromatic rings. The molecular weight excluding hydrogens is 326 g/mol. The fourth-order valence-corrected chi connectivity index (χ4v) is 3.14. The van der Waals surface area contributed by atoms with Gasteiger partial charge in [0.25, 0.3) is 0 Å². The van der Waals surface area contributed by atoms with E-state index in [-0.39, 0.29) is 12.1 Å². The van der Waals surface area contributed by atoms with Crippen molar-refractivity contribution in [3.8, 4) is 11.3 Å². The zero-order valence-corrected chi connectivity index (χ0v) is 15.2. The van der Waals surface area contributed by atoms with Gasteiger partial charge in [-0.1, -0.05) is 23.7 Å². The quantitative estimate of drug-likeness (QED) is 0.762. The minimum Gasteiger partial charge on any atom is -0.444 e. The van der Waals surface area contributed by atoms with Gasteiger partial charge in [0, 0.05) is 23.7 Å². The van der Waals surface area contributed by atoms with Crippen molar-refractivity contribution in [3.63, 3.8) is 0 Å². The van der Waals surface area contributed by atoms with E-state index in [2.05, 4.69) is 9.55 Å². The van der Waals surface area contributed by atoms with Crippen molar-refractivity contribution < 1.29 is 9.53 Å². The molecular formula is C18H22ClN3O2. The van der Waals surface area contributed by atoms with Gasteiger partial charge >= 0.3 is 6.09 Å². The summed E-state index contributed by atoms with van der Waals surface area (Å²) in [4.78, 5) is 18.7. The minimum atomic E-state index is -0.504. The van der Waals surface area contributed by atoms with Crippen molar-refractivity contribution in [3.05, 3.63) is 41.3 Å². The van der Waals surface area contributed by atoms with E-state index < -0.39 is 5.60 Å². The summed E-state index contributed by atoms with van der Waals surface area (Å²) in [5.74, 6) is 0.863. The third-order valence-electron chi connectivity index (χ3n) is 4.04. The number of carbonyl (C=O) groups is 1. The molecule has 1 atom stereocenters. The monoisotopic (exact) mass is 347 g/mol. The maximum atomic E-state index is 12.4. The predicted molar refractivity (Wildman–Crippen MR) is 94.0 cm³/mol. The zero-order valence-electron chi connectivity index (χ0n) is 14.4. The Morgan fingerprint density at radius 2 is 2.08 bits per heavy atom. The number of fused-ring (bicyclic) bond motifs is 1. The highest BCUT2D eigenvalue weighted by Gasteiger charge is 2.33. The molecule has 0 spiro atoms. The molecule has 6 heteroatoms. The molecule has 0 saturated heterocycles. The van der Waals surface area contributed by atoms with E-state index in [9.17, 15) is 4.79 Å². The number of halogens is 1. The molecule has 1 amide bonds. The standard InChI is InChI=1S/C18H22ClN3O2/c1-12-16-20-11-15(13-6-5-7-14(19)10-13)22(16)9-8-21(12)17(23)24-18(2,3)4/h5-7,10-12H,8-9H2,1-4H3. The lowest BCUT2D eigenvalue weighted by Crippen LogP contribution is -2.43. The molecule has 0 saturated carbocycles. The lowest BCUT2D eigenvalue weighted by atomic mass is 10.1. The SMILES string of the molecule is CC1c2ncc(-c3cccc(Cl)c3)n2CCN1C(=O)OC(C)(C)C. The molecule has 1 aromatic carbocycles. The van der Waals surface area contributed by atoms with Crippen LogP contribution in [0.1, 0.15) is 39.6 Å². The molecule has 1 unspecified atom stereocenters. The molecule has 3 rings (SSSR count). The third kappa shape index (κ3) is 3.26. The van der Waals surface area contributed by atoms with E-state index in [0.29, 0.717) is 18.1 Å². The first-order valence-corrected chi connectivity index (χ1v) is 8.45. The Bertz CT molecular complexity index is 764. The average Bonchev–Trinajstić information content (AvgIpc) is 2.90. The van der Waals surface area contributed by atoms with Crippen molar-refractivity contribution in [2.24, 2.45) is 0 Å². The Labute approximate surface area is 147 Å². The van der Waals surface area contributed by atoms with Crippen LogP contribution in [0, 0.1) is 0 Å². The second-order valence-electron chi connectivity index (χ2n) is 7.01. The normalized spacial score (nSPS) is 17.5. The van der Waals surface area contributed by atoms with Gasteiger partial charge in [-0.15, -0.1) is 0 Å². The van der Waals surface area contributed by atoms with E-state index >= 15 is 0 Å². The van der Waals surface area contributed by atoms with Crippen molar-refractivity contribution >= 4 is 17.7 Å². The Balaban J connectivity index is 1.88. The van der Waals surface area contributed by atoms with Crippen molar-refractivity contribution in [1.82, 2.24) is 14.5 Å². The lowest BCUT2D eigenvalue weighted by molar-refractivity contribution is 0.0121. The summed E-state index contributed by atoms with van der Waals surface area (Å²) in [5, 5.41) is 0.697. The summed E-state index contributed by atoms with van der Waals surface area (Å²) in [5.41, 5.74) is 1.54. The highest BCUT2D eigenvalue weighted by atomic mass is 35.5. The topological polar surface area (TPSA) is 47.4 Å².